The first-order valence-electron chi connectivity index (χ1n) is 10.1. The Morgan fingerprint density at radius 3 is 2.29 bits per heavy atom. The molecule has 28 heavy (non-hydrogen) atoms. The Morgan fingerprint density at radius 2 is 1.68 bits per heavy atom. The second kappa shape index (κ2) is 9.28. The molecule has 154 valence electrons. The summed E-state index contributed by atoms with van der Waals surface area (Å²) in [4.78, 5) is 29.4. The van der Waals surface area contributed by atoms with Gasteiger partial charge in [-0.25, -0.2) is 0 Å². The highest BCUT2D eigenvalue weighted by Gasteiger charge is 2.32. The molecule has 1 aromatic rings. The van der Waals surface area contributed by atoms with Crippen LogP contribution in [0.2, 0.25) is 0 Å². The van der Waals surface area contributed by atoms with E-state index in [-0.39, 0.29) is 17.9 Å². The molecule has 1 aromatic carbocycles. The summed E-state index contributed by atoms with van der Waals surface area (Å²) in [6.45, 7) is 5.26. The van der Waals surface area contributed by atoms with Crippen LogP contribution < -0.4 is 14.8 Å². The molecule has 0 radical (unpaired) electrons. The highest BCUT2D eigenvalue weighted by molar-refractivity contribution is 5.94. The average molecular weight is 389 g/mol. The van der Waals surface area contributed by atoms with E-state index in [1.54, 1.807) is 32.4 Å². The van der Waals surface area contributed by atoms with E-state index in [9.17, 15) is 9.59 Å². The lowest BCUT2D eigenvalue weighted by molar-refractivity contribution is -0.136. The van der Waals surface area contributed by atoms with Crippen molar-refractivity contribution in [3.8, 4) is 11.5 Å². The molecule has 2 aliphatic heterocycles. The van der Waals surface area contributed by atoms with Crippen LogP contribution in [0.1, 0.15) is 32.6 Å². The van der Waals surface area contributed by atoms with E-state index in [1.165, 1.54) is 0 Å². The number of carbonyl (C=O) groups is 2. The summed E-state index contributed by atoms with van der Waals surface area (Å²) in [5, 5.41) is 2.95. The van der Waals surface area contributed by atoms with E-state index in [1.807, 2.05) is 11.8 Å². The number of amides is 2. The molecule has 0 unspecified atom stereocenters. The first-order valence-corrected chi connectivity index (χ1v) is 10.1. The molecule has 1 atom stereocenters. The third-order valence-corrected chi connectivity index (χ3v) is 5.87. The van der Waals surface area contributed by atoms with Gasteiger partial charge < -0.3 is 19.7 Å². The van der Waals surface area contributed by atoms with E-state index in [0.29, 0.717) is 23.1 Å². The van der Waals surface area contributed by atoms with Gasteiger partial charge in [-0.15, -0.1) is 0 Å². The van der Waals surface area contributed by atoms with Crippen molar-refractivity contribution in [3.63, 3.8) is 0 Å². The third kappa shape index (κ3) is 4.58. The molecule has 2 saturated heterocycles. The maximum Gasteiger partial charge on any atom is 0.241 e. The van der Waals surface area contributed by atoms with Crippen molar-refractivity contribution in [2.24, 2.45) is 5.92 Å². The summed E-state index contributed by atoms with van der Waals surface area (Å²) >= 11 is 0. The summed E-state index contributed by atoms with van der Waals surface area (Å²) in [5.41, 5.74) is 0.675. The quantitative estimate of drug-likeness (QED) is 0.809. The van der Waals surface area contributed by atoms with Crippen molar-refractivity contribution in [1.29, 1.82) is 0 Å². The van der Waals surface area contributed by atoms with Crippen LogP contribution in [-0.2, 0) is 9.59 Å². The molecular formula is C21H31N3O4. The lowest BCUT2D eigenvalue weighted by atomic mass is 9.94. The highest BCUT2D eigenvalue weighted by atomic mass is 16.5. The number of anilines is 1. The minimum Gasteiger partial charge on any atom is -0.493 e. The molecule has 0 aliphatic carbocycles. The van der Waals surface area contributed by atoms with Gasteiger partial charge in [0.25, 0.3) is 0 Å². The van der Waals surface area contributed by atoms with Gasteiger partial charge in [0.1, 0.15) is 0 Å². The maximum atomic E-state index is 12.7. The Bertz CT molecular complexity index is 695. The second-order valence-electron chi connectivity index (χ2n) is 7.58. The number of benzene rings is 1. The standard InChI is InChI=1S/C21H31N3O4/c1-15(20(25)22-17-6-7-18(27-2)19(14-17)28-3)23-12-8-16(9-13-23)21(26)24-10-4-5-11-24/h6-7,14-16H,4-5,8-13H2,1-3H3,(H,22,25)/t15-/m1/s1. The summed E-state index contributed by atoms with van der Waals surface area (Å²) in [6.07, 6.45) is 3.89. The van der Waals surface area contributed by atoms with Crippen LogP contribution in [-0.4, -0.2) is 68.1 Å². The fourth-order valence-corrected chi connectivity index (χ4v) is 4.06. The summed E-state index contributed by atoms with van der Waals surface area (Å²) in [6, 6.07) is 5.07. The minimum atomic E-state index is -0.254. The normalized spacial score (nSPS) is 19.3. The van der Waals surface area contributed by atoms with Gasteiger partial charge in [-0.3, -0.25) is 14.5 Å². The van der Waals surface area contributed by atoms with Crippen LogP contribution in [0.4, 0.5) is 5.69 Å². The number of piperidine rings is 1. The fourth-order valence-electron chi connectivity index (χ4n) is 4.06. The average Bonchev–Trinajstić information content (AvgIpc) is 3.27. The summed E-state index contributed by atoms with van der Waals surface area (Å²) in [5.74, 6) is 1.55. The highest BCUT2D eigenvalue weighted by Crippen LogP contribution is 2.30. The number of hydrogen-bond acceptors (Lipinski definition) is 5. The second-order valence-corrected chi connectivity index (χ2v) is 7.58. The Kier molecular flexibility index (Phi) is 6.78. The first kappa shape index (κ1) is 20.5. The zero-order valence-electron chi connectivity index (χ0n) is 17.1. The molecule has 2 amide bonds. The van der Waals surface area contributed by atoms with Gasteiger partial charge in [0.2, 0.25) is 11.8 Å². The molecule has 0 saturated carbocycles. The molecule has 1 N–H and O–H groups in total. The van der Waals surface area contributed by atoms with Crippen molar-refractivity contribution in [2.45, 2.75) is 38.6 Å². The van der Waals surface area contributed by atoms with Crippen molar-refractivity contribution in [1.82, 2.24) is 9.80 Å². The number of nitrogens with zero attached hydrogens (tertiary/aromatic N) is 2. The van der Waals surface area contributed by atoms with Gasteiger partial charge in [-0.05, 0) is 57.8 Å². The zero-order chi connectivity index (χ0) is 20.1. The Morgan fingerprint density at radius 1 is 1.04 bits per heavy atom. The molecule has 0 aromatic heterocycles. The number of rotatable bonds is 6. The van der Waals surface area contributed by atoms with Gasteiger partial charge >= 0.3 is 0 Å². The first-order chi connectivity index (χ1) is 13.5. The van der Waals surface area contributed by atoms with Crippen molar-refractivity contribution in [2.75, 3.05) is 45.7 Å². The fraction of sp³-hybridized carbons (Fsp3) is 0.619. The summed E-state index contributed by atoms with van der Waals surface area (Å²) < 4.78 is 10.5. The lowest BCUT2D eigenvalue weighted by Crippen LogP contribution is -2.48. The Balaban J connectivity index is 1.52. The Labute approximate surface area is 167 Å². The van der Waals surface area contributed by atoms with Gasteiger partial charge in [0.15, 0.2) is 11.5 Å². The van der Waals surface area contributed by atoms with Crippen LogP contribution in [0.5, 0.6) is 11.5 Å². The monoisotopic (exact) mass is 389 g/mol. The molecule has 7 nitrogen and oxygen atoms in total. The SMILES string of the molecule is COc1ccc(NC(=O)[C@@H](C)N2CCC(C(=O)N3CCCC3)CC2)cc1OC. The van der Waals surface area contributed by atoms with Crippen LogP contribution in [0, 0.1) is 5.92 Å². The predicted octanol–water partition coefficient (Wildman–Crippen LogP) is 2.37. The molecule has 2 aliphatic rings. The van der Waals surface area contributed by atoms with Gasteiger partial charge in [-0.2, -0.15) is 0 Å². The van der Waals surface area contributed by atoms with E-state index in [0.717, 1.165) is 51.9 Å². The molecular weight excluding hydrogens is 358 g/mol. The Hall–Kier alpha value is -2.28. The van der Waals surface area contributed by atoms with Crippen LogP contribution in [0.25, 0.3) is 0 Å². The van der Waals surface area contributed by atoms with Crippen molar-refractivity contribution >= 4 is 17.5 Å². The lowest BCUT2D eigenvalue weighted by Gasteiger charge is -2.36. The maximum absolute atomic E-state index is 12.7. The van der Waals surface area contributed by atoms with Crippen LogP contribution >= 0.6 is 0 Å². The molecule has 0 bridgehead atoms. The van der Waals surface area contributed by atoms with Crippen molar-refractivity contribution in [3.05, 3.63) is 18.2 Å². The number of hydrogen-bond donors (Lipinski definition) is 1. The van der Waals surface area contributed by atoms with E-state index < -0.39 is 0 Å². The number of nitrogens with one attached hydrogen (secondary N) is 1. The third-order valence-electron chi connectivity index (χ3n) is 5.87. The van der Waals surface area contributed by atoms with Crippen LogP contribution in [0.3, 0.4) is 0 Å². The smallest absolute Gasteiger partial charge is 0.241 e. The molecule has 2 fully saturated rings. The molecule has 0 spiro atoms. The number of ether oxygens (including phenoxy) is 2. The summed E-state index contributed by atoms with van der Waals surface area (Å²) in [7, 11) is 3.15. The van der Waals surface area contributed by atoms with Gasteiger partial charge in [0, 0.05) is 30.8 Å². The van der Waals surface area contributed by atoms with Gasteiger partial charge in [0.05, 0.1) is 20.3 Å². The van der Waals surface area contributed by atoms with E-state index in [4.69, 9.17) is 9.47 Å². The predicted molar refractivity (Wildman–Crippen MR) is 108 cm³/mol. The molecule has 7 heteroatoms. The molecule has 3 rings (SSSR count). The largest absolute Gasteiger partial charge is 0.493 e. The molecule has 2 heterocycles. The van der Waals surface area contributed by atoms with Crippen molar-refractivity contribution < 1.29 is 19.1 Å². The number of carbonyl (C=O) groups excluding carboxylic acids is 2. The van der Waals surface area contributed by atoms with E-state index >= 15 is 0 Å². The van der Waals surface area contributed by atoms with Crippen LogP contribution in [0.15, 0.2) is 18.2 Å². The zero-order valence-corrected chi connectivity index (χ0v) is 17.1. The topological polar surface area (TPSA) is 71.1 Å². The number of methoxy groups -OCH3 is 2. The van der Waals surface area contributed by atoms with Gasteiger partial charge in [-0.1, -0.05) is 0 Å². The number of likely N-dealkylation sites (tertiary alicyclic amines) is 2. The van der Waals surface area contributed by atoms with E-state index in [2.05, 4.69) is 10.2 Å². The minimum absolute atomic E-state index is 0.0588.